The van der Waals surface area contributed by atoms with Crippen molar-refractivity contribution in [2.45, 2.75) is 20.0 Å². The molecule has 0 saturated carbocycles. The van der Waals surface area contributed by atoms with Crippen LogP contribution in [0, 0.1) is 0 Å². The fraction of sp³-hybridized carbons (Fsp3) is 0.214. The summed E-state index contributed by atoms with van der Waals surface area (Å²) in [7, 11) is 0. The first-order chi connectivity index (χ1) is 7.83. The van der Waals surface area contributed by atoms with Crippen molar-refractivity contribution in [3.8, 4) is 11.3 Å². The maximum Gasteiger partial charge on any atom is 0.0702 e. The molecule has 0 fully saturated rings. The number of hydrogen-bond donors (Lipinski definition) is 1. The zero-order valence-electron chi connectivity index (χ0n) is 9.35. The predicted octanol–water partition coefficient (Wildman–Crippen LogP) is 2.80. The van der Waals surface area contributed by atoms with E-state index in [0.717, 1.165) is 23.2 Å². The quantitative estimate of drug-likeness (QED) is 0.850. The third kappa shape index (κ3) is 2.28. The van der Waals surface area contributed by atoms with Crippen molar-refractivity contribution in [1.82, 2.24) is 4.98 Å². The standard InChI is InChI=1S/C14H15NO/c1-2-11-5-8-14(15-9-11)13-6-3-12(10-16)4-7-13/h3-9,16H,2,10H2,1H3. The van der Waals surface area contributed by atoms with Gasteiger partial charge in [0.15, 0.2) is 0 Å². The number of aromatic nitrogens is 1. The molecule has 1 N–H and O–H groups in total. The van der Waals surface area contributed by atoms with Crippen LogP contribution in [0.2, 0.25) is 0 Å². The highest BCUT2D eigenvalue weighted by Gasteiger charge is 1.99. The average molecular weight is 213 g/mol. The summed E-state index contributed by atoms with van der Waals surface area (Å²) < 4.78 is 0. The summed E-state index contributed by atoms with van der Waals surface area (Å²) in [5.74, 6) is 0. The Labute approximate surface area is 95.6 Å². The monoisotopic (exact) mass is 213 g/mol. The van der Waals surface area contributed by atoms with E-state index < -0.39 is 0 Å². The van der Waals surface area contributed by atoms with Crippen LogP contribution < -0.4 is 0 Å². The maximum absolute atomic E-state index is 8.95. The minimum atomic E-state index is 0.0858. The number of nitrogens with zero attached hydrogens (tertiary/aromatic N) is 1. The summed E-state index contributed by atoms with van der Waals surface area (Å²) in [5, 5.41) is 8.95. The SMILES string of the molecule is CCc1ccc(-c2ccc(CO)cc2)nc1. The zero-order valence-corrected chi connectivity index (χ0v) is 9.35. The Morgan fingerprint density at radius 3 is 2.19 bits per heavy atom. The molecule has 2 heteroatoms. The minimum Gasteiger partial charge on any atom is -0.392 e. The van der Waals surface area contributed by atoms with Crippen LogP contribution in [0.15, 0.2) is 42.6 Å². The molecule has 0 amide bonds. The molecule has 0 unspecified atom stereocenters. The van der Waals surface area contributed by atoms with Crippen molar-refractivity contribution in [2.24, 2.45) is 0 Å². The van der Waals surface area contributed by atoms with Gasteiger partial charge in [-0.1, -0.05) is 37.3 Å². The molecule has 2 aromatic rings. The predicted molar refractivity (Wildman–Crippen MR) is 65.0 cm³/mol. The Morgan fingerprint density at radius 2 is 1.69 bits per heavy atom. The molecule has 1 heterocycles. The van der Waals surface area contributed by atoms with E-state index in [4.69, 9.17) is 5.11 Å². The van der Waals surface area contributed by atoms with E-state index in [2.05, 4.69) is 18.0 Å². The number of hydrogen-bond acceptors (Lipinski definition) is 2. The van der Waals surface area contributed by atoms with Crippen LogP contribution in [0.4, 0.5) is 0 Å². The zero-order chi connectivity index (χ0) is 11.4. The van der Waals surface area contributed by atoms with E-state index in [0.29, 0.717) is 0 Å². The maximum atomic E-state index is 8.95. The first kappa shape index (κ1) is 10.8. The fourth-order valence-electron chi connectivity index (χ4n) is 1.59. The average Bonchev–Trinajstić information content (AvgIpc) is 2.39. The number of benzene rings is 1. The molecule has 2 nitrogen and oxygen atoms in total. The Kier molecular flexibility index (Phi) is 3.32. The van der Waals surface area contributed by atoms with E-state index in [9.17, 15) is 0 Å². The van der Waals surface area contributed by atoms with Crippen LogP contribution in [0.1, 0.15) is 18.1 Å². The largest absolute Gasteiger partial charge is 0.392 e. The third-order valence-electron chi connectivity index (χ3n) is 2.67. The molecule has 2 rings (SSSR count). The normalized spacial score (nSPS) is 10.4. The van der Waals surface area contributed by atoms with Crippen molar-refractivity contribution in [3.63, 3.8) is 0 Å². The first-order valence-electron chi connectivity index (χ1n) is 5.48. The lowest BCUT2D eigenvalue weighted by molar-refractivity contribution is 0.282. The summed E-state index contributed by atoms with van der Waals surface area (Å²) in [4.78, 5) is 4.41. The van der Waals surface area contributed by atoms with Gasteiger partial charge in [-0.05, 0) is 23.6 Å². The molecule has 0 spiro atoms. The van der Waals surface area contributed by atoms with Crippen LogP contribution >= 0.6 is 0 Å². The van der Waals surface area contributed by atoms with Crippen LogP contribution in [0.25, 0.3) is 11.3 Å². The van der Waals surface area contributed by atoms with Gasteiger partial charge in [-0.2, -0.15) is 0 Å². The highest BCUT2D eigenvalue weighted by Crippen LogP contribution is 2.17. The summed E-state index contributed by atoms with van der Waals surface area (Å²) in [6.45, 7) is 2.20. The van der Waals surface area contributed by atoms with Gasteiger partial charge in [0.25, 0.3) is 0 Å². The number of aliphatic hydroxyl groups excluding tert-OH is 1. The molecule has 0 saturated heterocycles. The summed E-state index contributed by atoms with van der Waals surface area (Å²) in [5.41, 5.74) is 4.23. The van der Waals surface area contributed by atoms with Crippen molar-refractivity contribution in [2.75, 3.05) is 0 Å². The highest BCUT2D eigenvalue weighted by atomic mass is 16.3. The van der Waals surface area contributed by atoms with E-state index >= 15 is 0 Å². The molecule has 0 atom stereocenters. The number of aryl methyl sites for hydroxylation is 1. The van der Waals surface area contributed by atoms with Crippen molar-refractivity contribution >= 4 is 0 Å². The smallest absolute Gasteiger partial charge is 0.0702 e. The topological polar surface area (TPSA) is 33.1 Å². The van der Waals surface area contributed by atoms with Gasteiger partial charge in [0.1, 0.15) is 0 Å². The van der Waals surface area contributed by atoms with Crippen LogP contribution in [-0.4, -0.2) is 10.1 Å². The number of aliphatic hydroxyl groups is 1. The molecular weight excluding hydrogens is 198 g/mol. The van der Waals surface area contributed by atoms with Crippen LogP contribution in [-0.2, 0) is 13.0 Å². The minimum absolute atomic E-state index is 0.0858. The second kappa shape index (κ2) is 4.90. The highest BCUT2D eigenvalue weighted by molar-refractivity contribution is 5.59. The van der Waals surface area contributed by atoms with Gasteiger partial charge in [0, 0.05) is 11.8 Å². The van der Waals surface area contributed by atoms with Gasteiger partial charge in [0.2, 0.25) is 0 Å². The summed E-state index contributed by atoms with van der Waals surface area (Å²) in [6.07, 6.45) is 2.92. The summed E-state index contributed by atoms with van der Waals surface area (Å²) >= 11 is 0. The molecule has 0 aliphatic heterocycles. The third-order valence-corrected chi connectivity index (χ3v) is 2.67. The molecule has 1 aromatic carbocycles. The fourth-order valence-corrected chi connectivity index (χ4v) is 1.59. The first-order valence-corrected chi connectivity index (χ1v) is 5.48. The Morgan fingerprint density at radius 1 is 1.00 bits per heavy atom. The van der Waals surface area contributed by atoms with Crippen molar-refractivity contribution < 1.29 is 5.11 Å². The van der Waals surface area contributed by atoms with Crippen LogP contribution in [0.5, 0.6) is 0 Å². The number of pyridine rings is 1. The molecule has 0 aliphatic rings. The van der Waals surface area contributed by atoms with Crippen LogP contribution in [0.3, 0.4) is 0 Å². The second-order valence-corrected chi connectivity index (χ2v) is 3.76. The van der Waals surface area contributed by atoms with Gasteiger partial charge in [0.05, 0.1) is 12.3 Å². The van der Waals surface area contributed by atoms with Crippen molar-refractivity contribution in [3.05, 3.63) is 53.7 Å². The van der Waals surface area contributed by atoms with Gasteiger partial charge < -0.3 is 5.11 Å². The van der Waals surface area contributed by atoms with Gasteiger partial charge in [-0.25, -0.2) is 0 Å². The van der Waals surface area contributed by atoms with E-state index in [1.165, 1.54) is 5.56 Å². The molecule has 1 aromatic heterocycles. The second-order valence-electron chi connectivity index (χ2n) is 3.76. The Bertz CT molecular complexity index is 400. The van der Waals surface area contributed by atoms with E-state index in [1.807, 2.05) is 36.5 Å². The lowest BCUT2D eigenvalue weighted by Gasteiger charge is -2.03. The van der Waals surface area contributed by atoms with Gasteiger partial charge >= 0.3 is 0 Å². The van der Waals surface area contributed by atoms with Crippen molar-refractivity contribution in [1.29, 1.82) is 0 Å². The molecule has 0 aliphatic carbocycles. The molecule has 82 valence electrons. The molecule has 0 radical (unpaired) electrons. The lowest BCUT2D eigenvalue weighted by Crippen LogP contribution is -1.87. The molecular formula is C14H15NO. The van der Waals surface area contributed by atoms with Gasteiger partial charge in [-0.3, -0.25) is 4.98 Å². The number of rotatable bonds is 3. The Balaban J connectivity index is 2.28. The van der Waals surface area contributed by atoms with E-state index in [1.54, 1.807) is 0 Å². The molecule has 16 heavy (non-hydrogen) atoms. The lowest BCUT2D eigenvalue weighted by atomic mass is 10.1. The summed E-state index contributed by atoms with van der Waals surface area (Å²) in [6, 6.07) is 11.9. The Hall–Kier alpha value is -1.67. The molecule has 0 bridgehead atoms. The van der Waals surface area contributed by atoms with E-state index in [-0.39, 0.29) is 6.61 Å². The van der Waals surface area contributed by atoms with Gasteiger partial charge in [-0.15, -0.1) is 0 Å².